The molecule has 1 amide bonds. The van der Waals surface area contributed by atoms with E-state index >= 15 is 0 Å². The summed E-state index contributed by atoms with van der Waals surface area (Å²) in [6.45, 7) is 1.88. The summed E-state index contributed by atoms with van der Waals surface area (Å²) in [5.74, 6) is 1.02. The number of nitrogens with one attached hydrogen (secondary N) is 2. The monoisotopic (exact) mass is 444 g/mol. The summed E-state index contributed by atoms with van der Waals surface area (Å²) >= 11 is 6.64. The van der Waals surface area contributed by atoms with E-state index in [4.69, 9.17) is 21.3 Å². The van der Waals surface area contributed by atoms with Crippen LogP contribution < -0.4 is 15.4 Å². The molecule has 160 valence electrons. The van der Waals surface area contributed by atoms with Crippen LogP contribution in [0.25, 0.3) is 11.0 Å². The molecule has 1 aromatic heterocycles. The number of hydrogen-bond acceptors (Lipinski definition) is 4. The molecule has 1 aliphatic heterocycles. The number of anilines is 2. The summed E-state index contributed by atoms with van der Waals surface area (Å²) in [7, 11) is 1.58. The van der Waals surface area contributed by atoms with E-state index in [0.717, 1.165) is 16.6 Å². The van der Waals surface area contributed by atoms with Crippen molar-refractivity contribution in [3.05, 3.63) is 94.7 Å². The lowest BCUT2D eigenvalue weighted by molar-refractivity contribution is -0.113. The first-order valence-electron chi connectivity index (χ1n) is 10.2. The number of rotatable bonds is 4. The zero-order valence-electron chi connectivity index (χ0n) is 17.6. The Hall–Kier alpha value is -3.77. The smallest absolute Gasteiger partial charge is 0.255 e. The van der Waals surface area contributed by atoms with Gasteiger partial charge in [0.2, 0.25) is 5.95 Å². The van der Waals surface area contributed by atoms with Crippen molar-refractivity contribution >= 4 is 40.2 Å². The average Bonchev–Trinajstić information content (AvgIpc) is 3.16. The van der Waals surface area contributed by atoms with Crippen molar-refractivity contribution in [3.8, 4) is 5.75 Å². The average molecular weight is 445 g/mol. The molecule has 0 saturated carbocycles. The number of ether oxygens (including phenoxy) is 1. The Bertz CT molecular complexity index is 1380. The van der Waals surface area contributed by atoms with Crippen molar-refractivity contribution in [1.29, 1.82) is 0 Å². The number of methoxy groups -OCH3 is 1. The van der Waals surface area contributed by atoms with Gasteiger partial charge in [0.25, 0.3) is 5.91 Å². The molecule has 0 bridgehead atoms. The molecule has 32 heavy (non-hydrogen) atoms. The fourth-order valence-electron chi connectivity index (χ4n) is 4.19. The molecule has 6 nitrogen and oxygen atoms in total. The number of halogens is 1. The van der Waals surface area contributed by atoms with Crippen LogP contribution in [0.15, 0.2) is 84.1 Å². The Balaban J connectivity index is 1.68. The summed E-state index contributed by atoms with van der Waals surface area (Å²) in [5.41, 5.74) is 4.44. The first-order valence-corrected chi connectivity index (χ1v) is 10.6. The second kappa shape index (κ2) is 8.05. The number of aromatic nitrogens is 2. The highest BCUT2D eigenvalue weighted by Crippen LogP contribution is 2.41. The van der Waals surface area contributed by atoms with Crippen LogP contribution in [0.5, 0.6) is 5.75 Å². The van der Waals surface area contributed by atoms with E-state index in [-0.39, 0.29) is 5.91 Å². The predicted octanol–water partition coefficient (Wildman–Crippen LogP) is 5.63. The maximum atomic E-state index is 13.7. The van der Waals surface area contributed by atoms with Gasteiger partial charge in [-0.2, -0.15) is 0 Å². The molecule has 5 rings (SSSR count). The van der Waals surface area contributed by atoms with Crippen molar-refractivity contribution in [2.24, 2.45) is 0 Å². The quantitative estimate of drug-likeness (QED) is 0.428. The molecule has 2 N–H and O–H groups in total. The maximum Gasteiger partial charge on any atom is 0.255 e. The summed E-state index contributed by atoms with van der Waals surface area (Å²) in [6.07, 6.45) is 0. The topological polar surface area (TPSA) is 68.2 Å². The molecule has 1 aliphatic rings. The van der Waals surface area contributed by atoms with Gasteiger partial charge in [-0.3, -0.25) is 9.36 Å². The molecule has 4 aromatic rings. The molecule has 0 spiro atoms. The molecule has 0 radical (unpaired) electrons. The standard InChI is InChI=1S/C25H21ClN4O2/c1-15-22(24(31)28-19-12-6-8-14-21(19)32-2)23(16-9-3-4-10-17(16)26)30-20-13-7-5-11-18(20)29-25(30)27-15/h3-14,23H,1-2H3,(H,27,29)(H,28,31)/t23-/m0/s1. The largest absolute Gasteiger partial charge is 0.495 e. The highest BCUT2D eigenvalue weighted by molar-refractivity contribution is 6.31. The van der Waals surface area contributed by atoms with Gasteiger partial charge in [0.15, 0.2) is 0 Å². The first-order chi connectivity index (χ1) is 15.6. The highest BCUT2D eigenvalue weighted by Gasteiger charge is 2.35. The van der Waals surface area contributed by atoms with Crippen LogP contribution in [-0.2, 0) is 4.79 Å². The second-order valence-electron chi connectivity index (χ2n) is 7.54. The molecular weight excluding hydrogens is 424 g/mol. The SMILES string of the molecule is COc1ccccc1NC(=O)C1=C(C)Nc2nc3ccccc3n2[C@H]1c1ccccc1Cl. The lowest BCUT2D eigenvalue weighted by Crippen LogP contribution is -2.31. The van der Waals surface area contributed by atoms with Crippen LogP contribution in [0.3, 0.4) is 0 Å². The van der Waals surface area contributed by atoms with Gasteiger partial charge in [-0.1, -0.05) is 54.1 Å². The minimum atomic E-state index is -0.456. The summed E-state index contributed by atoms with van der Waals surface area (Å²) < 4.78 is 7.44. The predicted molar refractivity (Wildman–Crippen MR) is 127 cm³/mol. The Morgan fingerprint density at radius 2 is 1.78 bits per heavy atom. The Kier molecular flexibility index (Phi) is 5.07. The fourth-order valence-corrected chi connectivity index (χ4v) is 4.43. The fraction of sp³-hybridized carbons (Fsp3) is 0.120. The van der Waals surface area contributed by atoms with E-state index in [0.29, 0.717) is 33.7 Å². The minimum Gasteiger partial charge on any atom is -0.495 e. The van der Waals surface area contributed by atoms with Crippen LogP contribution in [0.1, 0.15) is 18.5 Å². The number of para-hydroxylation sites is 4. The van der Waals surface area contributed by atoms with Crippen molar-refractivity contribution < 1.29 is 9.53 Å². The van der Waals surface area contributed by atoms with Crippen LogP contribution >= 0.6 is 11.6 Å². The zero-order valence-corrected chi connectivity index (χ0v) is 18.4. The first kappa shape index (κ1) is 20.2. The molecular formula is C25H21ClN4O2. The van der Waals surface area contributed by atoms with Crippen molar-refractivity contribution in [1.82, 2.24) is 9.55 Å². The van der Waals surface area contributed by atoms with Crippen LogP contribution in [-0.4, -0.2) is 22.6 Å². The van der Waals surface area contributed by atoms with Gasteiger partial charge in [0, 0.05) is 10.7 Å². The molecule has 2 heterocycles. The third-order valence-electron chi connectivity index (χ3n) is 5.63. The Labute approximate surface area is 190 Å². The lowest BCUT2D eigenvalue weighted by Gasteiger charge is -2.31. The van der Waals surface area contributed by atoms with Gasteiger partial charge >= 0.3 is 0 Å². The summed E-state index contributed by atoms with van der Waals surface area (Å²) in [5, 5.41) is 6.91. The number of carbonyl (C=O) groups excluding carboxylic acids is 1. The minimum absolute atomic E-state index is 0.243. The highest BCUT2D eigenvalue weighted by atomic mass is 35.5. The number of carbonyl (C=O) groups is 1. The summed E-state index contributed by atoms with van der Waals surface area (Å²) in [6, 6.07) is 22.3. The number of benzene rings is 3. The van der Waals surface area contributed by atoms with Gasteiger partial charge in [-0.25, -0.2) is 4.98 Å². The molecule has 0 fully saturated rings. The van der Waals surface area contributed by atoms with E-state index in [1.165, 1.54) is 0 Å². The molecule has 1 atom stereocenters. The maximum absolute atomic E-state index is 13.7. The molecule has 3 aromatic carbocycles. The van der Waals surface area contributed by atoms with E-state index in [9.17, 15) is 4.79 Å². The normalized spacial score (nSPS) is 15.3. The molecule has 7 heteroatoms. The molecule has 0 aliphatic carbocycles. The van der Waals surface area contributed by atoms with Crippen molar-refractivity contribution in [2.45, 2.75) is 13.0 Å². The molecule has 0 saturated heterocycles. The van der Waals surface area contributed by atoms with Crippen molar-refractivity contribution in [3.63, 3.8) is 0 Å². The second-order valence-corrected chi connectivity index (χ2v) is 7.94. The van der Waals surface area contributed by atoms with Gasteiger partial charge in [-0.15, -0.1) is 0 Å². The molecule has 0 unspecified atom stereocenters. The van der Waals surface area contributed by atoms with E-state index in [2.05, 4.69) is 10.6 Å². The van der Waals surface area contributed by atoms with Gasteiger partial charge < -0.3 is 15.4 Å². The number of nitrogens with zero attached hydrogens (tertiary/aromatic N) is 2. The zero-order chi connectivity index (χ0) is 22.2. The Morgan fingerprint density at radius 1 is 1.06 bits per heavy atom. The van der Waals surface area contributed by atoms with Gasteiger partial charge in [0.05, 0.1) is 35.4 Å². The van der Waals surface area contributed by atoms with E-state index in [1.54, 1.807) is 7.11 Å². The lowest BCUT2D eigenvalue weighted by atomic mass is 9.94. The summed E-state index contributed by atoms with van der Waals surface area (Å²) in [4.78, 5) is 18.4. The van der Waals surface area contributed by atoms with Crippen LogP contribution in [0.4, 0.5) is 11.6 Å². The Morgan fingerprint density at radius 3 is 2.59 bits per heavy atom. The number of hydrogen-bond donors (Lipinski definition) is 2. The number of imidazole rings is 1. The van der Waals surface area contributed by atoms with Gasteiger partial charge in [-0.05, 0) is 42.8 Å². The number of fused-ring (bicyclic) bond motifs is 3. The van der Waals surface area contributed by atoms with Crippen molar-refractivity contribution in [2.75, 3.05) is 17.7 Å². The van der Waals surface area contributed by atoms with Crippen LogP contribution in [0.2, 0.25) is 5.02 Å². The third kappa shape index (κ3) is 3.29. The van der Waals surface area contributed by atoms with E-state index in [1.807, 2.05) is 84.3 Å². The van der Waals surface area contributed by atoms with E-state index < -0.39 is 6.04 Å². The number of amides is 1. The van der Waals surface area contributed by atoms with Gasteiger partial charge in [0.1, 0.15) is 5.75 Å². The number of allylic oxidation sites excluding steroid dienone is 1. The van der Waals surface area contributed by atoms with Crippen LogP contribution in [0, 0.1) is 0 Å². The third-order valence-corrected chi connectivity index (χ3v) is 5.97.